The number of hydrogen-bond acceptors (Lipinski definition) is 5. The van der Waals surface area contributed by atoms with Crippen LogP contribution < -0.4 is 10.1 Å². The van der Waals surface area contributed by atoms with Crippen LogP contribution in [0.2, 0.25) is 0 Å². The number of rotatable bonds is 7. The molecule has 1 amide bonds. The second kappa shape index (κ2) is 8.75. The first-order valence-corrected chi connectivity index (χ1v) is 7.35. The van der Waals surface area contributed by atoms with Gasteiger partial charge in [0.25, 0.3) is 0 Å². The lowest BCUT2D eigenvalue weighted by molar-refractivity contribution is 0.151. The number of benzene rings is 1. The van der Waals surface area contributed by atoms with E-state index in [4.69, 9.17) is 9.47 Å². The van der Waals surface area contributed by atoms with Crippen LogP contribution in [0.15, 0.2) is 48.7 Å². The minimum absolute atomic E-state index is 0.322. The van der Waals surface area contributed by atoms with Crippen molar-refractivity contribution in [1.82, 2.24) is 9.88 Å². The quantitative estimate of drug-likeness (QED) is 0.851. The van der Waals surface area contributed by atoms with Crippen molar-refractivity contribution < 1.29 is 14.3 Å². The summed E-state index contributed by atoms with van der Waals surface area (Å²) < 4.78 is 10.7. The van der Waals surface area contributed by atoms with Crippen molar-refractivity contribution in [3.8, 4) is 5.75 Å². The molecule has 2 rings (SSSR count). The van der Waals surface area contributed by atoms with Crippen LogP contribution >= 0.6 is 0 Å². The number of amides is 1. The Morgan fingerprint density at radius 1 is 1.22 bits per heavy atom. The molecular formula is C17H21N3O3. The number of ether oxygens (including phenoxy) is 2. The van der Waals surface area contributed by atoms with Crippen molar-refractivity contribution >= 4 is 11.9 Å². The van der Waals surface area contributed by atoms with Crippen molar-refractivity contribution in [3.63, 3.8) is 0 Å². The monoisotopic (exact) mass is 315 g/mol. The molecule has 1 heterocycles. The normalized spacial score (nSPS) is 10.4. The number of likely N-dealkylation sites (N-methyl/N-ethyl adjacent to an activating group) is 1. The molecule has 0 spiro atoms. The fraction of sp³-hybridized carbons (Fsp3) is 0.294. The van der Waals surface area contributed by atoms with Crippen molar-refractivity contribution in [1.29, 1.82) is 0 Å². The van der Waals surface area contributed by atoms with Crippen LogP contribution in [0.1, 0.15) is 5.56 Å². The van der Waals surface area contributed by atoms with Crippen LogP contribution in [0.25, 0.3) is 0 Å². The zero-order chi connectivity index (χ0) is 16.5. The molecule has 0 aliphatic heterocycles. The number of hydrogen-bond donors (Lipinski definition) is 1. The number of nitrogens with zero attached hydrogens (tertiary/aromatic N) is 2. The molecule has 1 N–H and O–H groups in total. The third-order valence-corrected chi connectivity index (χ3v) is 2.98. The molecule has 122 valence electrons. The number of aromatic nitrogens is 1. The second-order valence-electron chi connectivity index (χ2n) is 5.22. The van der Waals surface area contributed by atoms with Gasteiger partial charge in [0.15, 0.2) is 0 Å². The largest absolute Gasteiger partial charge is 0.489 e. The molecule has 2 aromatic rings. The van der Waals surface area contributed by atoms with Crippen LogP contribution in [-0.4, -0.2) is 43.2 Å². The van der Waals surface area contributed by atoms with Gasteiger partial charge in [-0.25, -0.2) is 9.78 Å². The molecule has 0 bridgehead atoms. The van der Waals surface area contributed by atoms with Crippen LogP contribution in [0, 0.1) is 0 Å². The molecule has 6 heteroatoms. The van der Waals surface area contributed by atoms with Gasteiger partial charge < -0.3 is 14.4 Å². The molecule has 0 aliphatic rings. The Bertz CT molecular complexity index is 617. The predicted octanol–water partition coefficient (Wildman–Crippen LogP) is 2.77. The lowest BCUT2D eigenvalue weighted by Crippen LogP contribution is -2.22. The van der Waals surface area contributed by atoms with Gasteiger partial charge in [0.05, 0.1) is 0 Å². The molecule has 0 fully saturated rings. The lowest BCUT2D eigenvalue weighted by atomic mass is 10.2. The Labute approximate surface area is 136 Å². The highest BCUT2D eigenvalue weighted by atomic mass is 16.5. The Balaban J connectivity index is 1.83. The molecule has 0 aliphatic carbocycles. The fourth-order valence-electron chi connectivity index (χ4n) is 1.77. The van der Waals surface area contributed by atoms with E-state index in [0.29, 0.717) is 31.3 Å². The third-order valence-electron chi connectivity index (χ3n) is 2.98. The smallest absolute Gasteiger partial charge is 0.412 e. The minimum atomic E-state index is -0.528. The first-order chi connectivity index (χ1) is 11.1. The van der Waals surface area contributed by atoms with E-state index in [9.17, 15) is 4.79 Å². The van der Waals surface area contributed by atoms with E-state index in [1.165, 1.54) is 0 Å². The summed E-state index contributed by atoms with van der Waals surface area (Å²) in [5, 5.41) is 2.58. The maximum absolute atomic E-state index is 11.7. The number of pyridine rings is 1. The summed E-state index contributed by atoms with van der Waals surface area (Å²) in [6, 6.07) is 13.3. The van der Waals surface area contributed by atoms with E-state index in [1.54, 1.807) is 18.3 Å². The van der Waals surface area contributed by atoms with E-state index in [2.05, 4.69) is 10.3 Å². The summed E-state index contributed by atoms with van der Waals surface area (Å²) in [6.07, 6.45) is 1.05. The van der Waals surface area contributed by atoms with Gasteiger partial charge in [-0.05, 0) is 25.7 Å². The van der Waals surface area contributed by atoms with Gasteiger partial charge in [-0.1, -0.05) is 30.3 Å². The average molecular weight is 315 g/mol. The van der Waals surface area contributed by atoms with E-state index in [1.807, 2.05) is 49.3 Å². The Hall–Kier alpha value is -2.60. The van der Waals surface area contributed by atoms with Crippen molar-refractivity contribution in [2.45, 2.75) is 6.61 Å². The molecule has 23 heavy (non-hydrogen) atoms. The van der Waals surface area contributed by atoms with Gasteiger partial charge in [-0.15, -0.1) is 0 Å². The van der Waals surface area contributed by atoms with Gasteiger partial charge in [-0.3, -0.25) is 5.32 Å². The Morgan fingerprint density at radius 2 is 2.00 bits per heavy atom. The van der Waals surface area contributed by atoms with Crippen LogP contribution in [0.4, 0.5) is 10.6 Å². The maximum atomic E-state index is 11.7. The molecule has 6 nitrogen and oxygen atoms in total. The summed E-state index contributed by atoms with van der Waals surface area (Å²) >= 11 is 0. The molecule has 0 unspecified atom stereocenters. The van der Waals surface area contributed by atoms with Crippen molar-refractivity contribution in [2.75, 3.05) is 32.6 Å². The van der Waals surface area contributed by atoms with Gasteiger partial charge >= 0.3 is 6.09 Å². The SMILES string of the molecule is CN(C)CCOC(=O)Nc1cc(OCc2ccccc2)ccn1. The van der Waals surface area contributed by atoms with Gasteiger partial charge in [0.2, 0.25) is 0 Å². The maximum Gasteiger partial charge on any atom is 0.412 e. The first-order valence-electron chi connectivity index (χ1n) is 7.35. The van der Waals surface area contributed by atoms with Crippen LogP contribution in [0.5, 0.6) is 5.75 Å². The van der Waals surface area contributed by atoms with E-state index in [0.717, 1.165) is 5.56 Å². The third kappa shape index (κ3) is 6.36. The highest BCUT2D eigenvalue weighted by Gasteiger charge is 2.06. The molecule has 0 saturated carbocycles. The van der Waals surface area contributed by atoms with Gasteiger partial charge in [-0.2, -0.15) is 0 Å². The summed E-state index contributed by atoms with van der Waals surface area (Å²) in [6.45, 7) is 1.45. The van der Waals surface area contributed by atoms with Crippen molar-refractivity contribution in [3.05, 3.63) is 54.2 Å². The molecular weight excluding hydrogens is 294 g/mol. The van der Waals surface area contributed by atoms with E-state index in [-0.39, 0.29) is 0 Å². The van der Waals surface area contributed by atoms with Gasteiger partial charge in [0.1, 0.15) is 24.8 Å². The average Bonchev–Trinajstić information content (AvgIpc) is 2.54. The second-order valence-corrected chi connectivity index (χ2v) is 5.22. The highest BCUT2D eigenvalue weighted by Crippen LogP contribution is 2.16. The zero-order valence-electron chi connectivity index (χ0n) is 13.4. The van der Waals surface area contributed by atoms with E-state index < -0.39 is 6.09 Å². The fourth-order valence-corrected chi connectivity index (χ4v) is 1.77. The molecule has 1 aromatic carbocycles. The van der Waals surface area contributed by atoms with E-state index >= 15 is 0 Å². The molecule has 1 aromatic heterocycles. The topological polar surface area (TPSA) is 63.7 Å². The molecule has 0 atom stereocenters. The Morgan fingerprint density at radius 3 is 2.74 bits per heavy atom. The molecule has 0 saturated heterocycles. The standard InChI is InChI=1S/C17H21N3O3/c1-20(2)10-11-22-17(21)19-16-12-15(8-9-18-16)23-13-14-6-4-3-5-7-14/h3-9,12H,10-11,13H2,1-2H3,(H,18,19,21). The lowest BCUT2D eigenvalue weighted by Gasteiger charge is -2.11. The number of nitrogens with one attached hydrogen (secondary N) is 1. The summed E-state index contributed by atoms with van der Waals surface area (Å²) in [5.41, 5.74) is 1.07. The first kappa shape index (κ1) is 16.8. The van der Waals surface area contributed by atoms with Crippen LogP contribution in [0.3, 0.4) is 0 Å². The number of carbonyl (C=O) groups is 1. The number of anilines is 1. The summed E-state index contributed by atoms with van der Waals surface area (Å²) in [7, 11) is 3.83. The summed E-state index contributed by atoms with van der Waals surface area (Å²) in [4.78, 5) is 17.7. The zero-order valence-corrected chi connectivity index (χ0v) is 13.4. The van der Waals surface area contributed by atoms with Crippen molar-refractivity contribution in [2.24, 2.45) is 0 Å². The number of carbonyl (C=O) groups excluding carboxylic acids is 1. The van der Waals surface area contributed by atoms with Crippen LogP contribution in [-0.2, 0) is 11.3 Å². The Kier molecular flexibility index (Phi) is 6.38. The van der Waals surface area contributed by atoms with Gasteiger partial charge in [0, 0.05) is 18.8 Å². The highest BCUT2D eigenvalue weighted by molar-refractivity contribution is 5.83. The minimum Gasteiger partial charge on any atom is -0.489 e. The summed E-state index contributed by atoms with van der Waals surface area (Å²) in [5.74, 6) is 1.03. The molecule has 0 radical (unpaired) electrons. The predicted molar refractivity (Wildman–Crippen MR) is 88.5 cm³/mol.